The molecule has 1 heterocycles. The molecule has 0 fully saturated rings. The van der Waals surface area contributed by atoms with Crippen molar-refractivity contribution in [1.82, 2.24) is 5.16 Å². The Balaban J connectivity index is 1.96. The molecule has 0 saturated heterocycles. The van der Waals surface area contributed by atoms with E-state index in [4.69, 9.17) is 4.52 Å². The maximum absolute atomic E-state index is 11.7. The Bertz CT molecular complexity index is 610. The van der Waals surface area contributed by atoms with Gasteiger partial charge in [-0.2, -0.15) is 0 Å². The van der Waals surface area contributed by atoms with E-state index in [0.29, 0.717) is 17.5 Å². The van der Waals surface area contributed by atoms with Gasteiger partial charge in [-0.3, -0.25) is 4.79 Å². The van der Waals surface area contributed by atoms with E-state index < -0.39 is 0 Å². The molecular formula is C16H18N2O2. The molecule has 1 N–H and O–H groups in total. The fourth-order valence-electron chi connectivity index (χ4n) is 1.76. The SMILES string of the molecule is Cc1cc(NC(=O)/C=C/c2ccc(C(C)C)cc2)no1. The van der Waals surface area contributed by atoms with Gasteiger partial charge in [-0.15, -0.1) is 0 Å². The van der Waals surface area contributed by atoms with Gasteiger partial charge >= 0.3 is 0 Å². The normalized spacial score (nSPS) is 11.2. The molecule has 0 aliphatic rings. The molecule has 0 spiro atoms. The van der Waals surface area contributed by atoms with E-state index in [1.807, 2.05) is 12.1 Å². The highest BCUT2D eigenvalue weighted by Gasteiger charge is 2.02. The van der Waals surface area contributed by atoms with E-state index in [2.05, 4.69) is 36.5 Å². The van der Waals surface area contributed by atoms with Crippen LogP contribution in [0.25, 0.3) is 6.08 Å². The Morgan fingerprint density at radius 2 is 2.00 bits per heavy atom. The lowest BCUT2D eigenvalue weighted by Crippen LogP contribution is -2.07. The lowest BCUT2D eigenvalue weighted by Gasteiger charge is -2.04. The highest BCUT2D eigenvalue weighted by Crippen LogP contribution is 2.15. The van der Waals surface area contributed by atoms with Gasteiger partial charge < -0.3 is 9.84 Å². The second kappa shape index (κ2) is 6.19. The van der Waals surface area contributed by atoms with Gasteiger partial charge in [0.05, 0.1) is 0 Å². The highest BCUT2D eigenvalue weighted by atomic mass is 16.5. The second-order valence-electron chi connectivity index (χ2n) is 4.97. The summed E-state index contributed by atoms with van der Waals surface area (Å²) in [5.41, 5.74) is 2.27. The molecule has 0 radical (unpaired) electrons. The summed E-state index contributed by atoms with van der Waals surface area (Å²) in [7, 11) is 0. The number of rotatable bonds is 4. The first-order valence-electron chi connectivity index (χ1n) is 6.57. The summed E-state index contributed by atoms with van der Waals surface area (Å²) in [6, 6.07) is 9.81. The van der Waals surface area contributed by atoms with Gasteiger partial charge in [0, 0.05) is 12.1 Å². The van der Waals surface area contributed by atoms with Gasteiger partial charge in [0.1, 0.15) is 5.76 Å². The smallest absolute Gasteiger partial charge is 0.249 e. The number of aromatic nitrogens is 1. The molecule has 0 unspecified atom stereocenters. The highest BCUT2D eigenvalue weighted by molar-refractivity contribution is 6.01. The summed E-state index contributed by atoms with van der Waals surface area (Å²) in [4.78, 5) is 11.7. The maximum atomic E-state index is 11.7. The minimum absolute atomic E-state index is 0.230. The van der Waals surface area contributed by atoms with Crippen LogP contribution in [0.5, 0.6) is 0 Å². The number of anilines is 1. The number of benzene rings is 1. The zero-order valence-electron chi connectivity index (χ0n) is 11.9. The first-order valence-corrected chi connectivity index (χ1v) is 6.57. The largest absolute Gasteiger partial charge is 0.360 e. The molecule has 0 atom stereocenters. The summed E-state index contributed by atoms with van der Waals surface area (Å²) >= 11 is 0. The molecule has 0 aliphatic carbocycles. The van der Waals surface area contributed by atoms with Crippen molar-refractivity contribution in [2.45, 2.75) is 26.7 Å². The molecule has 1 aromatic carbocycles. The average Bonchev–Trinajstić information content (AvgIpc) is 2.82. The summed E-state index contributed by atoms with van der Waals surface area (Å²) < 4.78 is 4.87. The number of carbonyl (C=O) groups excluding carboxylic acids is 1. The Morgan fingerprint density at radius 1 is 1.30 bits per heavy atom. The van der Waals surface area contributed by atoms with E-state index in [0.717, 1.165) is 5.56 Å². The van der Waals surface area contributed by atoms with Crippen LogP contribution in [0.3, 0.4) is 0 Å². The quantitative estimate of drug-likeness (QED) is 0.861. The van der Waals surface area contributed by atoms with Crippen LogP contribution in [0.1, 0.15) is 36.7 Å². The number of nitrogens with zero attached hydrogens (tertiary/aromatic N) is 1. The number of hydrogen-bond acceptors (Lipinski definition) is 3. The van der Waals surface area contributed by atoms with Crippen molar-refractivity contribution in [1.29, 1.82) is 0 Å². The summed E-state index contributed by atoms with van der Waals surface area (Å²) in [5, 5.41) is 6.33. The standard InChI is InChI=1S/C16H18N2O2/c1-11(2)14-7-4-13(5-8-14)6-9-16(19)17-15-10-12(3)20-18-15/h4-11H,1-3H3,(H,17,18,19)/b9-6+. The van der Waals surface area contributed by atoms with Crippen molar-refractivity contribution < 1.29 is 9.32 Å². The van der Waals surface area contributed by atoms with Gasteiger partial charge in [-0.05, 0) is 30.0 Å². The number of hydrogen-bond donors (Lipinski definition) is 1. The molecule has 0 bridgehead atoms. The molecule has 1 aromatic heterocycles. The predicted octanol–water partition coefficient (Wildman–Crippen LogP) is 3.76. The maximum Gasteiger partial charge on any atom is 0.249 e. The number of nitrogens with one attached hydrogen (secondary N) is 1. The molecule has 0 aliphatic heterocycles. The van der Waals surface area contributed by atoms with Crippen LogP contribution in [0, 0.1) is 6.92 Å². The lowest BCUT2D eigenvalue weighted by atomic mass is 10.0. The Labute approximate surface area is 118 Å². The predicted molar refractivity (Wildman–Crippen MR) is 79.4 cm³/mol. The first-order chi connectivity index (χ1) is 9.54. The van der Waals surface area contributed by atoms with Gasteiger partial charge in [0.25, 0.3) is 0 Å². The molecule has 4 heteroatoms. The van der Waals surface area contributed by atoms with E-state index in [9.17, 15) is 4.79 Å². The monoisotopic (exact) mass is 270 g/mol. The fourth-order valence-corrected chi connectivity index (χ4v) is 1.76. The van der Waals surface area contributed by atoms with Crippen LogP contribution in [0.15, 0.2) is 40.9 Å². The van der Waals surface area contributed by atoms with Crippen LogP contribution in [0.4, 0.5) is 5.82 Å². The minimum Gasteiger partial charge on any atom is -0.360 e. The van der Waals surface area contributed by atoms with Crippen molar-refractivity contribution in [3.63, 3.8) is 0 Å². The third-order valence-corrected chi connectivity index (χ3v) is 2.91. The lowest BCUT2D eigenvalue weighted by molar-refractivity contribution is -0.111. The fraction of sp³-hybridized carbons (Fsp3) is 0.250. The summed E-state index contributed by atoms with van der Waals surface area (Å²) in [5.74, 6) is 1.36. The minimum atomic E-state index is -0.230. The van der Waals surface area contributed by atoms with E-state index in [1.54, 1.807) is 19.1 Å². The summed E-state index contributed by atoms with van der Waals surface area (Å²) in [6.45, 7) is 6.07. The van der Waals surface area contributed by atoms with Crippen molar-refractivity contribution >= 4 is 17.8 Å². The van der Waals surface area contributed by atoms with Crippen LogP contribution >= 0.6 is 0 Å². The topological polar surface area (TPSA) is 55.1 Å². The van der Waals surface area contributed by atoms with E-state index in [1.165, 1.54) is 11.6 Å². The molecule has 4 nitrogen and oxygen atoms in total. The summed E-state index contributed by atoms with van der Waals surface area (Å²) in [6.07, 6.45) is 3.25. The number of carbonyl (C=O) groups is 1. The Kier molecular flexibility index (Phi) is 4.35. The number of amides is 1. The van der Waals surface area contributed by atoms with Crippen LogP contribution < -0.4 is 5.32 Å². The van der Waals surface area contributed by atoms with Crippen molar-refractivity contribution in [3.05, 3.63) is 53.3 Å². The van der Waals surface area contributed by atoms with E-state index >= 15 is 0 Å². The molecule has 20 heavy (non-hydrogen) atoms. The van der Waals surface area contributed by atoms with Crippen molar-refractivity contribution in [2.24, 2.45) is 0 Å². The zero-order chi connectivity index (χ0) is 14.5. The molecule has 2 aromatic rings. The molecule has 1 amide bonds. The number of aryl methyl sites for hydroxylation is 1. The molecule has 2 rings (SSSR count). The zero-order valence-corrected chi connectivity index (χ0v) is 11.9. The second-order valence-corrected chi connectivity index (χ2v) is 4.97. The Morgan fingerprint density at radius 3 is 2.55 bits per heavy atom. The van der Waals surface area contributed by atoms with Gasteiger partial charge in [-0.1, -0.05) is 43.3 Å². The average molecular weight is 270 g/mol. The van der Waals surface area contributed by atoms with Gasteiger partial charge in [0.2, 0.25) is 5.91 Å². The van der Waals surface area contributed by atoms with Crippen molar-refractivity contribution in [3.8, 4) is 0 Å². The van der Waals surface area contributed by atoms with Crippen molar-refractivity contribution in [2.75, 3.05) is 5.32 Å². The van der Waals surface area contributed by atoms with E-state index in [-0.39, 0.29) is 5.91 Å². The molecule has 104 valence electrons. The van der Waals surface area contributed by atoms with Gasteiger partial charge in [0.15, 0.2) is 5.82 Å². The molecule has 0 saturated carbocycles. The Hall–Kier alpha value is -2.36. The first kappa shape index (κ1) is 14.1. The van der Waals surface area contributed by atoms with Crippen LogP contribution in [0.2, 0.25) is 0 Å². The van der Waals surface area contributed by atoms with Crippen LogP contribution in [-0.2, 0) is 4.79 Å². The molecular weight excluding hydrogens is 252 g/mol. The van der Waals surface area contributed by atoms with Gasteiger partial charge in [-0.25, -0.2) is 0 Å². The third kappa shape index (κ3) is 3.82. The van der Waals surface area contributed by atoms with Crippen LogP contribution in [-0.4, -0.2) is 11.1 Å². The third-order valence-electron chi connectivity index (χ3n) is 2.91.